The molecule has 1 heterocycles. The fourth-order valence-corrected chi connectivity index (χ4v) is 1.72. The maximum absolute atomic E-state index is 9.19. The monoisotopic (exact) mass is 217 g/mol. The maximum atomic E-state index is 9.19. The Kier molecular flexibility index (Phi) is 3.31. The van der Waals surface area contributed by atoms with Crippen LogP contribution in [0.3, 0.4) is 0 Å². The van der Waals surface area contributed by atoms with Gasteiger partial charge < -0.3 is 5.11 Å². The van der Waals surface area contributed by atoms with E-state index in [-0.39, 0.29) is 6.61 Å². The van der Waals surface area contributed by atoms with Crippen molar-refractivity contribution in [3.8, 4) is 5.69 Å². The second-order valence-corrected chi connectivity index (χ2v) is 3.64. The van der Waals surface area contributed by atoms with Crippen molar-refractivity contribution in [2.75, 3.05) is 0 Å². The number of aliphatic hydroxyl groups excluding tert-OH is 1. The van der Waals surface area contributed by atoms with Gasteiger partial charge in [0.15, 0.2) is 0 Å². The molecule has 1 aromatic heterocycles. The van der Waals surface area contributed by atoms with Crippen molar-refractivity contribution in [3.63, 3.8) is 0 Å². The van der Waals surface area contributed by atoms with Crippen molar-refractivity contribution in [2.24, 2.45) is 0 Å². The topological polar surface area (TPSA) is 50.9 Å². The van der Waals surface area contributed by atoms with Crippen LogP contribution in [0.1, 0.15) is 24.7 Å². The van der Waals surface area contributed by atoms with Crippen LogP contribution in [-0.2, 0) is 13.0 Å². The number of aromatic nitrogens is 3. The average molecular weight is 217 g/mol. The second-order valence-electron chi connectivity index (χ2n) is 3.64. The van der Waals surface area contributed by atoms with Crippen LogP contribution >= 0.6 is 0 Å². The molecule has 0 saturated heterocycles. The third-order valence-electron chi connectivity index (χ3n) is 2.48. The van der Waals surface area contributed by atoms with Gasteiger partial charge in [-0.05, 0) is 18.6 Å². The quantitative estimate of drug-likeness (QED) is 0.848. The molecule has 2 rings (SSSR count). The van der Waals surface area contributed by atoms with Crippen LogP contribution in [-0.4, -0.2) is 20.1 Å². The van der Waals surface area contributed by atoms with Crippen LogP contribution in [0.5, 0.6) is 0 Å². The van der Waals surface area contributed by atoms with Gasteiger partial charge in [0.05, 0.1) is 18.0 Å². The summed E-state index contributed by atoms with van der Waals surface area (Å²) in [6, 6.07) is 9.85. The van der Waals surface area contributed by atoms with E-state index in [4.69, 9.17) is 0 Å². The third kappa shape index (κ3) is 1.97. The van der Waals surface area contributed by atoms with Crippen LogP contribution < -0.4 is 0 Å². The maximum Gasteiger partial charge on any atom is 0.112 e. The van der Waals surface area contributed by atoms with E-state index in [2.05, 4.69) is 17.2 Å². The highest BCUT2D eigenvalue weighted by atomic mass is 16.3. The predicted octanol–water partition coefficient (Wildman–Crippen LogP) is 1.71. The molecule has 4 nitrogen and oxygen atoms in total. The first-order valence-corrected chi connectivity index (χ1v) is 5.46. The molecule has 16 heavy (non-hydrogen) atoms. The Labute approximate surface area is 94.5 Å². The van der Waals surface area contributed by atoms with Gasteiger partial charge in [-0.25, -0.2) is 4.68 Å². The Bertz CT molecular complexity index is 451. The summed E-state index contributed by atoms with van der Waals surface area (Å²) < 4.78 is 1.80. The third-order valence-corrected chi connectivity index (χ3v) is 2.48. The van der Waals surface area contributed by atoms with Crippen molar-refractivity contribution >= 4 is 0 Å². The van der Waals surface area contributed by atoms with Gasteiger partial charge in [-0.3, -0.25) is 0 Å². The number of benzene rings is 1. The van der Waals surface area contributed by atoms with Gasteiger partial charge in [0, 0.05) is 0 Å². The standard InChI is InChI=1S/C12H15N3O/c1-2-6-12-11(9-16)13-14-15(12)10-7-4-3-5-8-10/h3-5,7-8,16H,2,6,9H2,1H3. The van der Waals surface area contributed by atoms with Gasteiger partial charge in [-0.2, -0.15) is 0 Å². The lowest BCUT2D eigenvalue weighted by atomic mass is 10.2. The summed E-state index contributed by atoms with van der Waals surface area (Å²) in [6.45, 7) is 2.05. The number of para-hydroxylation sites is 1. The molecule has 0 unspecified atom stereocenters. The zero-order valence-corrected chi connectivity index (χ0v) is 9.30. The van der Waals surface area contributed by atoms with Crippen molar-refractivity contribution < 1.29 is 5.11 Å². The highest BCUT2D eigenvalue weighted by molar-refractivity contribution is 5.33. The summed E-state index contributed by atoms with van der Waals surface area (Å²) in [4.78, 5) is 0. The normalized spacial score (nSPS) is 10.6. The minimum Gasteiger partial charge on any atom is -0.390 e. The first-order valence-electron chi connectivity index (χ1n) is 5.46. The van der Waals surface area contributed by atoms with Crippen LogP contribution in [0, 0.1) is 0 Å². The van der Waals surface area contributed by atoms with Crippen LogP contribution in [0.25, 0.3) is 5.69 Å². The van der Waals surface area contributed by atoms with Gasteiger partial charge in [-0.15, -0.1) is 5.10 Å². The lowest BCUT2D eigenvalue weighted by Crippen LogP contribution is -2.03. The van der Waals surface area contributed by atoms with Crippen LogP contribution in [0.2, 0.25) is 0 Å². The predicted molar refractivity (Wildman–Crippen MR) is 61.3 cm³/mol. The van der Waals surface area contributed by atoms with E-state index in [1.54, 1.807) is 4.68 Å². The van der Waals surface area contributed by atoms with Gasteiger partial charge in [0.1, 0.15) is 5.69 Å². The number of rotatable bonds is 4. The van der Waals surface area contributed by atoms with Gasteiger partial charge in [-0.1, -0.05) is 36.8 Å². The molecule has 0 aliphatic rings. The van der Waals surface area contributed by atoms with Crippen LogP contribution in [0.4, 0.5) is 0 Å². The molecule has 0 radical (unpaired) electrons. The van der Waals surface area contributed by atoms with E-state index in [1.165, 1.54) is 0 Å². The lowest BCUT2D eigenvalue weighted by Gasteiger charge is -2.05. The Morgan fingerprint density at radius 3 is 2.62 bits per heavy atom. The average Bonchev–Trinajstić information content (AvgIpc) is 2.74. The summed E-state index contributed by atoms with van der Waals surface area (Å²) in [7, 11) is 0. The first-order chi connectivity index (χ1) is 7.86. The Balaban J connectivity index is 2.44. The largest absolute Gasteiger partial charge is 0.390 e. The smallest absolute Gasteiger partial charge is 0.112 e. The Morgan fingerprint density at radius 1 is 1.25 bits per heavy atom. The van der Waals surface area contributed by atoms with Gasteiger partial charge in [0.25, 0.3) is 0 Å². The number of aliphatic hydroxyl groups is 1. The van der Waals surface area contributed by atoms with E-state index < -0.39 is 0 Å². The molecule has 1 aromatic carbocycles. The second kappa shape index (κ2) is 4.90. The Hall–Kier alpha value is -1.68. The summed E-state index contributed by atoms with van der Waals surface area (Å²) in [6.07, 6.45) is 1.88. The Morgan fingerprint density at radius 2 is 2.00 bits per heavy atom. The van der Waals surface area contributed by atoms with Crippen molar-refractivity contribution in [1.29, 1.82) is 0 Å². The summed E-state index contributed by atoms with van der Waals surface area (Å²) >= 11 is 0. The van der Waals surface area contributed by atoms with Gasteiger partial charge >= 0.3 is 0 Å². The zero-order valence-electron chi connectivity index (χ0n) is 9.30. The molecular formula is C12H15N3O. The summed E-state index contributed by atoms with van der Waals surface area (Å²) in [5, 5.41) is 17.3. The van der Waals surface area contributed by atoms with Crippen LogP contribution in [0.15, 0.2) is 30.3 Å². The molecule has 0 fully saturated rings. The first kappa shape index (κ1) is 10.8. The molecule has 0 saturated carbocycles. The number of nitrogens with zero attached hydrogens (tertiary/aromatic N) is 3. The van der Waals surface area contributed by atoms with Crippen molar-refractivity contribution in [3.05, 3.63) is 41.7 Å². The lowest BCUT2D eigenvalue weighted by molar-refractivity contribution is 0.275. The molecule has 2 aromatic rings. The van der Waals surface area contributed by atoms with E-state index in [0.717, 1.165) is 24.2 Å². The van der Waals surface area contributed by atoms with E-state index >= 15 is 0 Å². The molecule has 1 N–H and O–H groups in total. The number of hydrogen-bond acceptors (Lipinski definition) is 3. The van der Waals surface area contributed by atoms with Gasteiger partial charge in [0.2, 0.25) is 0 Å². The molecule has 0 aliphatic carbocycles. The number of hydrogen-bond donors (Lipinski definition) is 1. The zero-order chi connectivity index (χ0) is 11.4. The molecule has 84 valence electrons. The highest BCUT2D eigenvalue weighted by Gasteiger charge is 2.11. The van der Waals surface area contributed by atoms with Crippen molar-refractivity contribution in [1.82, 2.24) is 15.0 Å². The fraction of sp³-hybridized carbons (Fsp3) is 0.333. The fourth-order valence-electron chi connectivity index (χ4n) is 1.72. The highest BCUT2D eigenvalue weighted by Crippen LogP contribution is 2.14. The summed E-state index contributed by atoms with van der Waals surface area (Å²) in [5.41, 5.74) is 2.65. The molecule has 0 bridgehead atoms. The molecule has 0 atom stereocenters. The molecule has 4 heteroatoms. The SMILES string of the molecule is CCCc1c(CO)nnn1-c1ccccc1. The van der Waals surface area contributed by atoms with E-state index in [9.17, 15) is 5.11 Å². The van der Waals surface area contributed by atoms with E-state index in [1.807, 2.05) is 30.3 Å². The minimum absolute atomic E-state index is 0.0534. The van der Waals surface area contributed by atoms with E-state index in [0.29, 0.717) is 5.69 Å². The summed E-state index contributed by atoms with van der Waals surface area (Å²) in [5.74, 6) is 0. The molecular weight excluding hydrogens is 202 g/mol. The minimum atomic E-state index is -0.0534. The molecule has 0 spiro atoms. The van der Waals surface area contributed by atoms with Crippen molar-refractivity contribution in [2.45, 2.75) is 26.4 Å². The molecule has 0 aliphatic heterocycles. The molecule has 0 amide bonds.